The Kier molecular flexibility index (Phi) is 7.69. The monoisotopic (exact) mass is 377 g/mol. The molecule has 0 unspecified atom stereocenters. The second-order valence-electron chi connectivity index (χ2n) is 5.73. The fraction of sp³-hybridized carbons (Fsp3) is 0.316. The lowest BCUT2D eigenvalue weighted by Crippen LogP contribution is -2.30. The minimum atomic E-state index is -0.643. The van der Waals surface area contributed by atoms with E-state index in [1.807, 2.05) is 0 Å². The predicted octanol–water partition coefficient (Wildman–Crippen LogP) is 3.76. The maximum atomic E-state index is 14.4. The lowest BCUT2D eigenvalue weighted by Gasteiger charge is -2.14. The van der Waals surface area contributed by atoms with Crippen LogP contribution in [0.5, 0.6) is 17.2 Å². The Morgan fingerprint density at radius 1 is 1.11 bits per heavy atom. The van der Waals surface area contributed by atoms with Crippen molar-refractivity contribution in [1.29, 1.82) is 0 Å². The molecule has 2 aromatic rings. The van der Waals surface area contributed by atoms with Crippen LogP contribution in [0.4, 0.5) is 20.6 Å². The van der Waals surface area contributed by atoms with Gasteiger partial charge < -0.3 is 30.6 Å². The number of hydrogen-bond donors (Lipinski definition) is 3. The first kappa shape index (κ1) is 20.3. The summed E-state index contributed by atoms with van der Waals surface area (Å²) >= 11 is 0. The van der Waals surface area contributed by atoms with Gasteiger partial charge in [-0.1, -0.05) is 0 Å². The highest BCUT2D eigenvalue weighted by Crippen LogP contribution is 2.36. The number of nitrogens with one attached hydrogen (secondary N) is 2. The molecular weight excluding hydrogens is 353 g/mol. The molecule has 0 aliphatic rings. The molecule has 8 heteroatoms. The Morgan fingerprint density at radius 2 is 1.85 bits per heavy atom. The lowest BCUT2D eigenvalue weighted by molar-refractivity contribution is 0.192. The van der Waals surface area contributed by atoms with Crippen molar-refractivity contribution in [3.05, 3.63) is 42.2 Å². The van der Waals surface area contributed by atoms with E-state index in [4.69, 9.17) is 19.9 Å². The first-order valence-electron chi connectivity index (χ1n) is 8.48. The molecule has 0 aromatic heterocycles. The summed E-state index contributed by atoms with van der Waals surface area (Å²) in [6.45, 7) is 1.09. The number of halogens is 1. The topological polar surface area (TPSA) is 94.8 Å². The van der Waals surface area contributed by atoms with Crippen LogP contribution in [0.2, 0.25) is 0 Å². The number of carbonyl (C=O) groups is 1. The van der Waals surface area contributed by atoms with Crippen molar-refractivity contribution in [1.82, 2.24) is 5.32 Å². The fourth-order valence-corrected chi connectivity index (χ4v) is 2.27. The van der Waals surface area contributed by atoms with Gasteiger partial charge in [0.1, 0.15) is 5.75 Å². The Labute approximate surface area is 157 Å². The highest BCUT2D eigenvalue weighted by Gasteiger charge is 2.14. The molecule has 4 N–H and O–H groups in total. The van der Waals surface area contributed by atoms with E-state index in [1.165, 1.54) is 13.2 Å². The minimum absolute atomic E-state index is 0.00843. The van der Waals surface area contributed by atoms with E-state index in [0.717, 1.165) is 18.9 Å². The number of rotatable bonds is 9. The Hall–Kier alpha value is -3.00. The third-order valence-corrected chi connectivity index (χ3v) is 3.67. The maximum Gasteiger partial charge on any atom is 0.319 e. The van der Waals surface area contributed by atoms with Gasteiger partial charge >= 0.3 is 6.03 Å². The summed E-state index contributed by atoms with van der Waals surface area (Å²) in [5, 5.41) is 5.12. The summed E-state index contributed by atoms with van der Waals surface area (Å²) in [6, 6.07) is 8.69. The fourth-order valence-electron chi connectivity index (χ4n) is 2.27. The van der Waals surface area contributed by atoms with Crippen molar-refractivity contribution in [2.75, 3.05) is 38.4 Å². The molecule has 0 atom stereocenters. The highest BCUT2D eigenvalue weighted by molar-refractivity contribution is 5.89. The first-order chi connectivity index (χ1) is 13.0. The van der Waals surface area contributed by atoms with E-state index in [-0.39, 0.29) is 17.2 Å². The molecule has 0 bridgehead atoms. The highest BCUT2D eigenvalue weighted by atomic mass is 19.1. The van der Waals surface area contributed by atoms with E-state index in [2.05, 4.69) is 10.6 Å². The molecular formula is C19H24FN3O4. The van der Waals surface area contributed by atoms with Gasteiger partial charge in [0.15, 0.2) is 17.3 Å². The number of anilines is 2. The average Bonchev–Trinajstić information content (AvgIpc) is 2.65. The maximum absolute atomic E-state index is 14.4. The van der Waals surface area contributed by atoms with E-state index in [1.54, 1.807) is 31.4 Å². The number of hydrogen-bond acceptors (Lipinski definition) is 5. The van der Waals surface area contributed by atoms with Crippen LogP contribution in [0, 0.1) is 5.82 Å². The molecule has 27 heavy (non-hydrogen) atoms. The van der Waals surface area contributed by atoms with Crippen LogP contribution in [0.25, 0.3) is 0 Å². The SMILES string of the molecule is COCCCCNC(=O)Nc1cc(OC)c(Oc2ccc(N)cc2)cc1F. The summed E-state index contributed by atoms with van der Waals surface area (Å²) in [5.74, 6) is 0.307. The molecule has 2 amide bonds. The van der Waals surface area contributed by atoms with Crippen LogP contribution in [-0.2, 0) is 4.74 Å². The Bertz CT molecular complexity index is 753. The number of benzene rings is 2. The van der Waals surface area contributed by atoms with Crippen molar-refractivity contribution in [3.8, 4) is 17.2 Å². The molecule has 0 aliphatic heterocycles. The number of nitrogens with two attached hydrogens (primary N) is 1. The quantitative estimate of drug-likeness (QED) is 0.457. The smallest absolute Gasteiger partial charge is 0.319 e. The molecule has 2 aromatic carbocycles. The van der Waals surface area contributed by atoms with Gasteiger partial charge in [0.05, 0.1) is 12.8 Å². The number of methoxy groups -OCH3 is 2. The summed E-state index contributed by atoms with van der Waals surface area (Å²) in [4.78, 5) is 11.9. The van der Waals surface area contributed by atoms with Crippen LogP contribution < -0.4 is 25.8 Å². The molecule has 0 fully saturated rings. The molecule has 0 saturated heterocycles. The number of amides is 2. The zero-order valence-corrected chi connectivity index (χ0v) is 15.4. The molecule has 146 valence electrons. The molecule has 7 nitrogen and oxygen atoms in total. The van der Waals surface area contributed by atoms with Crippen molar-refractivity contribution < 1.29 is 23.4 Å². The first-order valence-corrected chi connectivity index (χ1v) is 8.48. The zero-order chi connectivity index (χ0) is 19.6. The second kappa shape index (κ2) is 10.2. The summed E-state index contributed by atoms with van der Waals surface area (Å²) in [6.07, 6.45) is 1.59. The third-order valence-electron chi connectivity index (χ3n) is 3.67. The van der Waals surface area contributed by atoms with Crippen LogP contribution in [0.3, 0.4) is 0 Å². The average molecular weight is 377 g/mol. The van der Waals surface area contributed by atoms with Gasteiger partial charge in [-0.15, -0.1) is 0 Å². The van der Waals surface area contributed by atoms with Crippen molar-refractivity contribution in [2.24, 2.45) is 0 Å². The van der Waals surface area contributed by atoms with E-state index >= 15 is 0 Å². The van der Waals surface area contributed by atoms with Crippen molar-refractivity contribution in [3.63, 3.8) is 0 Å². The largest absolute Gasteiger partial charge is 0.493 e. The summed E-state index contributed by atoms with van der Waals surface area (Å²) < 4.78 is 30.2. The van der Waals surface area contributed by atoms with Crippen LogP contribution in [-0.4, -0.2) is 33.4 Å². The third kappa shape index (κ3) is 6.34. The van der Waals surface area contributed by atoms with E-state index < -0.39 is 11.8 Å². The number of carbonyl (C=O) groups excluding carboxylic acids is 1. The number of nitrogen functional groups attached to an aromatic ring is 1. The number of urea groups is 1. The van der Waals surface area contributed by atoms with Gasteiger partial charge in [0.25, 0.3) is 0 Å². The molecule has 0 spiro atoms. The van der Waals surface area contributed by atoms with Crippen LogP contribution in [0.1, 0.15) is 12.8 Å². The minimum Gasteiger partial charge on any atom is -0.493 e. The molecule has 0 saturated carbocycles. The lowest BCUT2D eigenvalue weighted by atomic mass is 10.2. The van der Waals surface area contributed by atoms with Gasteiger partial charge in [-0.25, -0.2) is 9.18 Å². The Morgan fingerprint density at radius 3 is 2.52 bits per heavy atom. The van der Waals surface area contributed by atoms with Crippen molar-refractivity contribution >= 4 is 17.4 Å². The van der Waals surface area contributed by atoms with Gasteiger partial charge in [-0.05, 0) is 37.1 Å². The second-order valence-corrected chi connectivity index (χ2v) is 5.73. The molecule has 2 rings (SSSR count). The number of unbranched alkanes of at least 4 members (excludes halogenated alkanes) is 1. The summed E-state index contributed by atoms with van der Waals surface area (Å²) in [5.41, 5.74) is 6.21. The Balaban J connectivity index is 2.02. The molecule has 0 aliphatic carbocycles. The van der Waals surface area contributed by atoms with Crippen LogP contribution >= 0.6 is 0 Å². The normalized spacial score (nSPS) is 10.3. The zero-order valence-electron chi connectivity index (χ0n) is 15.4. The summed E-state index contributed by atoms with van der Waals surface area (Å²) in [7, 11) is 3.06. The number of ether oxygens (including phenoxy) is 3. The van der Waals surface area contributed by atoms with Crippen LogP contribution in [0.15, 0.2) is 36.4 Å². The van der Waals surface area contributed by atoms with E-state index in [0.29, 0.717) is 24.6 Å². The molecule has 0 heterocycles. The van der Waals surface area contributed by atoms with Gasteiger partial charge in [-0.2, -0.15) is 0 Å². The predicted molar refractivity (Wildman–Crippen MR) is 102 cm³/mol. The standard InChI is InChI=1S/C19H24FN3O4/c1-25-10-4-3-9-22-19(24)23-16-12-17(26-2)18(11-15(16)20)27-14-7-5-13(21)6-8-14/h5-8,11-12H,3-4,9-10,21H2,1-2H3,(H2,22,23,24). The van der Waals surface area contributed by atoms with Gasteiger partial charge in [0.2, 0.25) is 0 Å². The van der Waals surface area contributed by atoms with Gasteiger partial charge in [-0.3, -0.25) is 0 Å². The molecule has 0 radical (unpaired) electrons. The van der Waals surface area contributed by atoms with Gasteiger partial charge in [0, 0.05) is 38.1 Å². The van der Waals surface area contributed by atoms with Crippen molar-refractivity contribution in [2.45, 2.75) is 12.8 Å². The van der Waals surface area contributed by atoms with E-state index in [9.17, 15) is 9.18 Å².